The highest BCUT2D eigenvalue weighted by Gasteiger charge is 2.24. The van der Waals surface area contributed by atoms with Gasteiger partial charge in [0.2, 0.25) is 0 Å². The molecule has 0 radical (unpaired) electrons. The van der Waals surface area contributed by atoms with Gasteiger partial charge < -0.3 is 15.0 Å². The van der Waals surface area contributed by atoms with E-state index in [4.69, 9.17) is 4.74 Å². The maximum atomic E-state index is 12.6. The summed E-state index contributed by atoms with van der Waals surface area (Å²) >= 11 is 1.02. The van der Waals surface area contributed by atoms with E-state index >= 15 is 0 Å². The molecule has 1 N–H and O–H groups in total. The zero-order valence-electron chi connectivity index (χ0n) is 15.2. The van der Waals surface area contributed by atoms with Crippen molar-refractivity contribution in [3.63, 3.8) is 0 Å². The van der Waals surface area contributed by atoms with E-state index in [0.29, 0.717) is 35.8 Å². The monoisotopic (exact) mass is 394 g/mol. The molecule has 0 saturated heterocycles. The Hall–Kier alpha value is -3.26. The topological polar surface area (TPSA) is 84.4 Å². The van der Waals surface area contributed by atoms with Gasteiger partial charge in [0.05, 0.1) is 30.6 Å². The van der Waals surface area contributed by atoms with Crippen LogP contribution in [0.2, 0.25) is 0 Å². The van der Waals surface area contributed by atoms with Crippen molar-refractivity contribution in [1.82, 2.24) is 13.6 Å². The molecule has 142 valence electrons. The van der Waals surface area contributed by atoms with Crippen molar-refractivity contribution >= 4 is 29.2 Å². The van der Waals surface area contributed by atoms with Gasteiger partial charge in [0.25, 0.3) is 11.8 Å². The lowest BCUT2D eigenvalue weighted by atomic mass is 9.98. The SMILES string of the molecule is COc1ccccc1C(=O)Nc1ccc2c(c1)CN(C(=O)c1cnsn1)CC2. The number of benzene rings is 2. The van der Waals surface area contributed by atoms with E-state index in [2.05, 4.69) is 14.1 Å². The Morgan fingerprint density at radius 2 is 2.04 bits per heavy atom. The minimum absolute atomic E-state index is 0.122. The molecule has 2 amide bonds. The molecular formula is C20H18N4O3S. The zero-order valence-corrected chi connectivity index (χ0v) is 16.0. The molecule has 1 aliphatic rings. The minimum Gasteiger partial charge on any atom is -0.496 e. The van der Waals surface area contributed by atoms with Crippen LogP contribution in [0.5, 0.6) is 5.75 Å². The van der Waals surface area contributed by atoms with Crippen LogP contribution >= 0.6 is 11.7 Å². The van der Waals surface area contributed by atoms with Gasteiger partial charge in [-0.15, -0.1) is 0 Å². The second-order valence-corrected chi connectivity index (χ2v) is 6.96. The van der Waals surface area contributed by atoms with Crippen molar-refractivity contribution in [1.29, 1.82) is 0 Å². The highest BCUT2D eigenvalue weighted by molar-refractivity contribution is 6.99. The molecule has 0 spiro atoms. The number of nitrogens with one attached hydrogen (secondary N) is 1. The van der Waals surface area contributed by atoms with Crippen molar-refractivity contribution in [3.8, 4) is 5.75 Å². The van der Waals surface area contributed by atoms with Crippen LogP contribution in [0, 0.1) is 0 Å². The van der Waals surface area contributed by atoms with Gasteiger partial charge in [-0.2, -0.15) is 8.75 Å². The van der Waals surface area contributed by atoms with Crippen LogP contribution in [-0.4, -0.2) is 39.1 Å². The first-order chi connectivity index (χ1) is 13.7. The molecule has 0 atom stereocenters. The van der Waals surface area contributed by atoms with Crippen molar-refractivity contribution in [2.45, 2.75) is 13.0 Å². The van der Waals surface area contributed by atoms with E-state index in [0.717, 1.165) is 23.7 Å². The van der Waals surface area contributed by atoms with Crippen LogP contribution in [0.15, 0.2) is 48.7 Å². The predicted octanol–water partition coefficient (Wildman–Crippen LogP) is 3.00. The second-order valence-electron chi connectivity index (χ2n) is 6.41. The van der Waals surface area contributed by atoms with E-state index in [1.54, 1.807) is 23.1 Å². The smallest absolute Gasteiger partial charge is 0.275 e. The van der Waals surface area contributed by atoms with Gasteiger partial charge in [-0.1, -0.05) is 18.2 Å². The Morgan fingerprint density at radius 1 is 1.18 bits per heavy atom. The summed E-state index contributed by atoms with van der Waals surface area (Å²) in [6.45, 7) is 1.11. The summed E-state index contributed by atoms with van der Waals surface area (Å²) in [7, 11) is 1.54. The fourth-order valence-corrected chi connectivity index (χ4v) is 3.67. The van der Waals surface area contributed by atoms with Gasteiger partial charge >= 0.3 is 0 Å². The van der Waals surface area contributed by atoms with Crippen molar-refractivity contribution < 1.29 is 14.3 Å². The van der Waals surface area contributed by atoms with E-state index < -0.39 is 0 Å². The molecule has 1 aromatic heterocycles. The Kier molecular flexibility index (Phi) is 5.03. The number of anilines is 1. The largest absolute Gasteiger partial charge is 0.496 e. The molecule has 0 aliphatic carbocycles. The summed E-state index contributed by atoms with van der Waals surface area (Å²) in [5.41, 5.74) is 3.71. The number of fused-ring (bicyclic) bond motifs is 1. The molecule has 0 bridgehead atoms. The molecule has 2 aromatic carbocycles. The Morgan fingerprint density at radius 3 is 2.82 bits per heavy atom. The number of amides is 2. The third kappa shape index (κ3) is 3.59. The normalized spacial score (nSPS) is 13.0. The molecule has 0 unspecified atom stereocenters. The summed E-state index contributed by atoms with van der Waals surface area (Å²) in [6, 6.07) is 12.9. The number of para-hydroxylation sites is 1. The lowest BCUT2D eigenvalue weighted by molar-refractivity contribution is 0.0729. The summed E-state index contributed by atoms with van der Waals surface area (Å²) < 4.78 is 13.2. The molecule has 1 aliphatic heterocycles. The number of aromatic nitrogens is 2. The van der Waals surface area contributed by atoms with E-state index in [1.165, 1.54) is 18.9 Å². The number of rotatable bonds is 4. The van der Waals surface area contributed by atoms with Crippen LogP contribution in [0.3, 0.4) is 0 Å². The summed E-state index contributed by atoms with van der Waals surface area (Å²) in [5, 5.41) is 2.91. The molecule has 0 saturated carbocycles. The number of hydrogen-bond acceptors (Lipinski definition) is 6. The predicted molar refractivity (Wildman–Crippen MR) is 106 cm³/mol. The van der Waals surface area contributed by atoms with Crippen LogP contribution in [0.4, 0.5) is 5.69 Å². The first-order valence-electron chi connectivity index (χ1n) is 8.78. The van der Waals surface area contributed by atoms with Gasteiger partial charge in [0.15, 0.2) is 5.69 Å². The number of hydrogen-bond donors (Lipinski definition) is 1. The number of nitrogens with zero attached hydrogens (tertiary/aromatic N) is 3. The standard InChI is InChI=1S/C20H18N4O3S/c1-27-18-5-3-2-4-16(18)19(25)22-15-7-6-13-8-9-24(12-14(13)10-15)20(26)17-11-21-28-23-17/h2-7,10-11H,8-9,12H2,1H3,(H,22,25). The van der Waals surface area contributed by atoms with Gasteiger partial charge in [-0.05, 0) is 41.8 Å². The molecule has 4 rings (SSSR count). The fourth-order valence-electron chi connectivity index (χ4n) is 3.26. The first kappa shape index (κ1) is 18.1. The second kappa shape index (κ2) is 7.77. The molecule has 3 aromatic rings. The Balaban J connectivity index is 1.52. The highest BCUT2D eigenvalue weighted by Crippen LogP contribution is 2.25. The van der Waals surface area contributed by atoms with Crippen LogP contribution in [0.25, 0.3) is 0 Å². The zero-order chi connectivity index (χ0) is 19.5. The average Bonchev–Trinajstić information content (AvgIpc) is 3.27. The Bertz CT molecular complexity index is 1020. The third-order valence-electron chi connectivity index (χ3n) is 4.70. The molecular weight excluding hydrogens is 376 g/mol. The first-order valence-corrected chi connectivity index (χ1v) is 9.52. The van der Waals surface area contributed by atoms with Gasteiger partial charge in [0.1, 0.15) is 5.75 Å². The highest BCUT2D eigenvalue weighted by atomic mass is 32.1. The van der Waals surface area contributed by atoms with E-state index in [9.17, 15) is 9.59 Å². The van der Waals surface area contributed by atoms with Crippen LogP contribution in [-0.2, 0) is 13.0 Å². The average molecular weight is 394 g/mol. The summed E-state index contributed by atoms with van der Waals surface area (Å²) in [6.07, 6.45) is 2.26. The van der Waals surface area contributed by atoms with Crippen LogP contribution in [0.1, 0.15) is 32.0 Å². The van der Waals surface area contributed by atoms with Crippen molar-refractivity contribution in [2.24, 2.45) is 0 Å². The molecule has 8 heteroatoms. The minimum atomic E-state index is -0.241. The van der Waals surface area contributed by atoms with Gasteiger partial charge in [-0.3, -0.25) is 9.59 Å². The third-order valence-corrected chi connectivity index (χ3v) is 5.17. The maximum Gasteiger partial charge on any atom is 0.275 e. The van der Waals surface area contributed by atoms with Crippen molar-refractivity contribution in [3.05, 3.63) is 71.0 Å². The summed E-state index contributed by atoms with van der Waals surface area (Å²) in [4.78, 5) is 26.9. The Labute approximate surface area is 166 Å². The number of methoxy groups -OCH3 is 1. The van der Waals surface area contributed by atoms with Crippen LogP contribution < -0.4 is 10.1 Å². The number of carbonyl (C=O) groups excluding carboxylic acids is 2. The van der Waals surface area contributed by atoms with Gasteiger partial charge in [-0.25, -0.2) is 0 Å². The quantitative estimate of drug-likeness (QED) is 0.735. The lowest BCUT2D eigenvalue weighted by Gasteiger charge is -2.28. The fraction of sp³-hybridized carbons (Fsp3) is 0.200. The molecule has 28 heavy (non-hydrogen) atoms. The number of carbonyl (C=O) groups is 2. The van der Waals surface area contributed by atoms with Crippen molar-refractivity contribution in [2.75, 3.05) is 19.0 Å². The maximum absolute atomic E-state index is 12.6. The van der Waals surface area contributed by atoms with E-state index in [-0.39, 0.29) is 11.8 Å². The number of ether oxygens (including phenoxy) is 1. The van der Waals surface area contributed by atoms with Gasteiger partial charge in [0, 0.05) is 18.8 Å². The summed E-state index contributed by atoms with van der Waals surface area (Å²) in [5.74, 6) is 0.157. The molecule has 0 fully saturated rings. The molecule has 2 heterocycles. The lowest BCUT2D eigenvalue weighted by Crippen LogP contribution is -2.36. The van der Waals surface area contributed by atoms with E-state index in [1.807, 2.05) is 24.3 Å². The molecule has 7 nitrogen and oxygen atoms in total.